The Kier molecular flexibility index (Phi) is 10.4. The van der Waals surface area contributed by atoms with Crippen LogP contribution < -0.4 is 10.6 Å². The first kappa shape index (κ1) is 23.6. The summed E-state index contributed by atoms with van der Waals surface area (Å²) in [6.45, 7) is 7.39. The average Bonchev–Trinajstić information content (AvgIpc) is 3.23. The van der Waals surface area contributed by atoms with Crippen LogP contribution in [-0.4, -0.2) is 58.3 Å². The summed E-state index contributed by atoms with van der Waals surface area (Å²) >= 11 is 0. The van der Waals surface area contributed by atoms with Crippen molar-refractivity contribution in [3.63, 3.8) is 0 Å². The first-order valence-electron chi connectivity index (χ1n) is 10.3. The molecule has 0 bridgehead atoms. The largest absolute Gasteiger partial charge is 0.356 e. The number of benzene rings is 1. The molecular formula is C21H34IN7. The van der Waals surface area contributed by atoms with Crippen LogP contribution in [0.3, 0.4) is 0 Å². The summed E-state index contributed by atoms with van der Waals surface area (Å²) in [5.74, 6) is 0.918. The van der Waals surface area contributed by atoms with E-state index in [1.165, 1.54) is 11.1 Å². The standard InChI is InChI=1S/C21H33N7.HI/c1-18-7-3-4-8-19(18)15-27-13-9-20(10-14-27)26-21(22-2)23-11-5-6-12-28-16-24-25-17-28;/h3-4,7-8,16-17,20H,5-6,9-15H2,1-2H3,(H2,22,23,26);1H. The zero-order valence-corrected chi connectivity index (χ0v) is 19.9. The second-order valence-corrected chi connectivity index (χ2v) is 7.53. The van der Waals surface area contributed by atoms with Crippen LogP contribution in [0.4, 0.5) is 0 Å². The molecule has 0 radical (unpaired) electrons. The molecule has 160 valence electrons. The lowest BCUT2D eigenvalue weighted by molar-refractivity contribution is 0.198. The number of likely N-dealkylation sites (tertiary alicyclic amines) is 1. The smallest absolute Gasteiger partial charge is 0.191 e. The van der Waals surface area contributed by atoms with Gasteiger partial charge in [-0.2, -0.15) is 0 Å². The molecule has 2 heterocycles. The second-order valence-electron chi connectivity index (χ2n) is 7.53. The van der Waals surface area contributed by atoms with Gasteiger partial charge >= 0.3 is 0 Å². The van der Waals surface area contributed by atoms with Crippen LogP contribution in [-0.2, 0) is 13.1 Å². The summed E-state index contributed by atoms with van der Waals surface area (Å²) in [6.07, 6.45) is 8.02. The molecule has 1 fully saturated rings. The van der Waals surface area contributed by atoms with Gasteiger partial charge in [0.2, 0.25) is 0 Å². The summed E-state index contributed by atoms with van der Waals surface area (Å²) in [7, 11) is 1.85. The molecule has 0 aliphatic carbocycles. The van der Waals surface area contributed by atoms with Crippen LogP contribution in [0, 0.1) is 6.92 Å². The van der Waals surface area contributed by atoms with E-state index in [1.807, 2.05) is 11.6 Å². The molecule has 1 saturated heterocycles. The minimum atomic E-state index is 0. The number of nitrogens with one attached hydrogen (secondary N) is 2. The highest BCUT2D eigenvalue weighted by molar-refractivity contribution is 14.0. The lowest BCUT2D eigenvalue weighted by Gasteiger charge is -2.33. The number of aliphatic imine (C=N–C) groups is 1. The van der Waals surface area contributed by atoms with Crippen molar-refractivity contribution < 1.29 is 0 Å². The Bertz CT molecular complexity index is 724. The quantitative estimate of drug-likeness (QED) is 0.247. The second kappa shape index (κ2) is 12.8. The Morgan fingerprint density at radius 3 is 2.55 bits per heavy atom. The van der Waals surface area contributed by atoms with E-state index < -0.39 is 0 Å². The van der Waals surface area contributed by atoms with Gasteiger partial charge in [0.1, 0.15) is 12.7 Å². The van der Waals surface area contributed by atoms with Crippen LogP contribution in [0.1, 0.15) is 36.8 Å². The van der Waals surface area contributed by atoms with Crippen molar-refractivity contribution >= 4 is 29.9 Å². The minimum Gasteiger partial charge on any atom is -0.356 e. The van der Waals surface area contributed by atoms with Crippen molar-refractivity contribution in [1.82, 2.24) is 30.3 Å². The van der Waals surface area contributed by atoms with Gasteiger partial charge in [-0.3, -0.25) is 9.89 Å². The van der Waals surface area contributed by atoms with Gasteiger partial charge in [0.05, 0.1) is 0 Å². The topological polar surface area (TPSA) is 70.4 Å². The van der Waals surface area contributed by atoms with Gasteiger partial charge in [-0.05, 0) is 43.7 Å². The van der Waals surface area contributed by atoms with Crippen molar-refractivity contribution in [2.24, 2.45) is 4.99 Å². The van der Waals surface area contributed by atoms with Gasteiger partial charge in [-0.15, -0.1) is 34.2 Å². The van der Waals surface area contributed by atoms with Crippen molar-refractivity contribution in [3.05, 3.63) is 48.0 Å². The molecular weight excluding hydrogens is 477 g/mol. The summed E-state index contributed by atoms with van der Waals surface area (Å²) in [4.78, 5) is 6.94. The Morgan fingerprint density at radius 1 is 1.14 bits per heavy atom. The van der Waals surface area contributed by atoms with E-state index in [0.29, 0.717) is 6.04 Å². The predicted molar refractivity (Wildman–Crippen MR) is 129 cm³/mol. The van der Waals surface area contributed by atoms with Gasteiger partial charge in [0, 0.05) is 45.8 Å². The first-order valence-corrected chi connectivity index (χ1v) is 10.3. The number of rotatable bonds is 8. The molecule has 29 heavy (non-hydrogen) atoms. The number of unbranched alkanes of at least 4 members (excludes halogenated alkanes) is 1. The number of nitrogens with zero attached hydrogens (tertiary/aromatic N) is 5. The molecule has 0 atom stereocenters. The van der Waals surface area contributed by atoms with E-state index in [0.717, 1.165) is 64.4 Å². The normalized spacial score (nSPS) is 15.7. The van der Waals surface area contributed by atoms with E-state index in [9.17, 15) is 0 Å². The Hall–Kier alpha value is -1.68. The zero-order chi connectivity index (χ0) is 19.6. The average molecular weight is 511 g/mol. The van der Waals surface area contributed by atoms with Crippen molar-refractivity contribution in [1.29, 1.82) is 0 Å². The number of aromatic nitrogens is 3. The molecule has 1 aromatic heterocycles. The molecule has 3 rings (SSSR count). The fourth-order valence-electron chi connectivity index (χ4n) is 3.62. The molecule has 2 N–H and O–H groups in total. The molecule has 2 aromatic rings. The van der Waals surface area contributed by atoms with Crippen molar-refractivity contribution in [2.75, 3.05) is 26.7 Å². The van der Waals surface area contributed by atoms with Crippen LogP contribution in [0.2, 0.25) is 0 Å². The molecule has 0 amide bonds. The number of piperidine rings is 1. The van der Waals surface area contributed by atoms with Gasteiger partial charge in [0.15, 0.2) is 5.96 Å². The molecule has 1 aromatic carbocycles. The summed E-state index contributed by atoms with van der Waals surface area (Å²) in [5.41, 5.74) is 2.83. The number of aryl methyl sites for hydroxylation is 2. The third-order valence-electron chi connectivity index (χ3n) is 5.41. The Balaban J connectivity index is 0.00000300. The summed E-state index contributed by atoms with van der Waals surface area (Å²) in [5, 5.41) is 14.7. The number of hydrogen-bond donors (Lipinski definition) is 2. The first-order chi connectivity index (χ1) is 13.7. The molecule has 1 aliphatic rings. The van der Waals surface area contributed by atoms with Crippen LogP contribution in [0.5, 0.6) is 0 Å². The molecule has 0 spiro atoms. The molecule has 1 aliphatic heterocycles. The maximum atomic E-state index is 4.38. The lowest BCUT2D eigenvalue weighted by Crippen LogP contribution is -2.48. The SMILES string of the molecule is CN=C(NCCCCn1cnnc1)NC1CCN(Cc2ccccc2C)CC1.I. The van der Waals surface area contributed by atoms with E-state index in [4.69, 9.17) is 0 Å². The fourth-order valence-corrected chi connectivity index (χ4v) is 3.62. The van der Waals surface area contributed by atoms with E-state index in [1.54, 1.807) is 12.7 Å². The summed E-state index contributed by atoms with van der Waals surface area (Å²) < 4.78 is 2.01. The number of guanidine groups is 1. The minimum absolute atomic E-state index is 0. The third kappa shape index (κ3) is 7.93. The van der Waals surface area contributed by atoms with Crippen LogP contribution >= 0.6 is 24.0 Å². The van der Waals surface area contributed by atoms with Gasteiger partial charge in [0.25, 0.3) is 0 Å². The van der Waals surface area contributed by atoms with Gasteiger partial charge in [-0.1, -0.05) is 24.3 Å². The fraction of sp³-hybridized carbons (Fsp3) is 0.571. The molecule has 7 nitrogen and oxygen atoms in total. The Labute approximate surface area is 191 Å². The molecule has 0 unspecified atom stereocenters. The highest BCUT2D eigenvalue weighted by Gasteiger charge is 2.20. The van der Waals surface area contributed by atoms with Gasteiger partial charge < -0.3 is 15.2 Å². The van der Waals surface area contributed by atoms with Gasteiger partial charge in [-0.25, -0.2) is 0 Å². The number of hydrogen-bond acceptors (Lipinski definition) is 4. The zero-order valence-electron chi connectivity index (χ0n) is 17.5. The highest BCUT2D eigenvalue weighted by atomic mass is 127. The van der Waals surface area contributed by atoms with E-state index >= 15 is 0 Å². The third-order valence-corrected chi connectivity index (χ3v) is 5.41. The monoisotopic (exact) mass is 511 g/mol. The number of halogens is 1. The molecule has 8 heteroatoms. The van der Waals surface area contributed by atoms with Crippen LogP contribution in [0.15, 0.2) is 41.9 Å². The van der Waals surface area contributed by atoms with Crippen LogP contribution in [0.25, 0.3) is 0 Å². The van der Waals surface area contributed by atoms with E-state index in [2.05, 4.69) is 61.9 Å². The maximum absolute atomic E-state index is 4.38. The van der Waals surface area contributed by atoms with E-state index in [-0.39, 0.29) is 24.0 Å². The van der Waals surface area contributed by atoms with Crippen molar-refractivity contribution in [2.45, 2.75) is 51.7 Å². The lowest BCUT2D eigenvalue weighted by atomic mass is 10.0. The predicted octanol–water partition coefficient (Wildman–Crippen LogP) is 2.81. The highest BCUT2D eigenvalue weighted by Crippen LogP contribution is 2.16. The Morgan fingerprint density at radius 2 is 1.86 bits per heavy atom. The maximum Gasteiger partial charge on any atom is 0.191 e. The molecule has 0 saturated carbocycles. The summed E-state index contributed by atoms with van der Waals surface area (Å²) in [6, 6.07) is 9.19. The van der Waals surface area contributed by atoms with Crippen molar-refractivity contribution in [3.8, 4) is 0 Å².